The van der Waals surface area contributed by atoms with Crippen molar-refractivity contribution in [2.45, 2.75) is 116 Å². The van der Waals surface area contributed by atoms with E-state index in [1.54, 1.807) is 12.3 Å². The Balaban J connectivity index is 1.51. The van der Waals surface area contributed by atoms with Crippen molar-refractivity contribution in [2.24, 2.45) is 28.3 Å². The van der Waals surface area contributed by atoms with E-state index in [-0.39, 0.29) is 61.6 Å². The molecular weight excluding hydrogens is 913 g/mol. The van der Waals surface area contributed by atoms with Crippen LogP contribution < -0.4 is 54.0 Å². The number of nitrogens with one attached hydrogen (secondary N) is 9. The molecule has 1 aliphatic heterocycles. The van der Waals surface area contributed by atoms with Crippen molar-refractivity contribution in [2.75, 3.05) is 25.0 Å². The second-order valence-electron chi connectivity index (χ2n) is 17.9. The monoisotopic (exact) mass is 976 g/mol. The van der Waals surface area contributed by atoms with Crippen LogP contribution in [0.5, 0.6) is 0 Å². The van der Waals surface area contributed by atoms with E-state index in [2.05, 4.69) is 52.5 Å². The maximum Gasteiger partial charge on any atom is 0.299 e. The predicted molar refractivity (Wildman–Crippen MR) is 259 cm³/mol. The first kappa shape index (κ1) is 54.9. The molecule has 0 unspecified atom stereocenters. The zero-order valence-electron chi connectivity index (χ0n) is 39.8. The highest BCUT2D eigenvalue weighted by Crippen LogP contribution is 2.29. The molecule has 13 N–H and O–H groups in total. The molecule has 2 aromatic carbocycles. The summed E-state index contributed by atoms with van der Waals surface area (Å²) < 4.78 is 0. The zero-order chi connectivity index (χ0) is 51.7. The van der Waals surface area contributed by atoms with Crippen LogP contribution in [0.25, 0.3) is 10.9 Å². The van der Waals surface area contributed by atoms with Crippen molar-refractivity contribution >= 4 is 75.3 Å². The smallest absolute Gasteiger partial charge is 0.299 e. The summed E-state index contributed by atoms with van der Waals surface area (Å²) in [6.45, 7) is 8.97. The molecule has 380 valence electrons. The van der Waals surface area contributed by atoms with Crippen LogP contribution in [-0.2, 0) is 40.0 Å². The van der Waals surface area contributed by atoms with E-state index in [9.17, 15) is 53.8 Å². The second-order valence-corrected chi connectivity index (χ2v) is 17.9. The number of nitrogens with zero attached hydrogens (tertiary/aromatic N) is 3. The Morgan fingerprint density at radius 2 is 1.43 bits per heavy atom. The molecule has 1 aliphatic rings. The Morgan fingerprint density at radius 3 is 2.06 bits per heavy atom. The molecule has 0 spiro atoms. The molecule has 0 bridgehead atoms. The van der Waals surface area contributed by atoms with E-state index in [1.165, 1.54) is 6.92 Å². The van der Waals surface area contributed by atoms with Crippen molar-refractivity contribution in [1.82, 2.24) is 42.2 Å². The van der Waals surface area contributed by atoms with Gasteiger partial charge in [-0.3, -0.25) is 58.8 Å². The number of non-ortho nitro benzene ring substituents is 1. The molecule has 1 saturated heterocycles. The fourth-order valence-corrected chi connectivity index (χ4v) is 7.68. The number of para-hydroxylation sites is 1. The Bertz CT molecular complexity index is 2410. The lowest BCUT2D eigenvalue weighted by Crippen LogP contribution is -2.58. The highest BCUT2D eigenvalue weighted by atomic mass is 16.6. The van der Waals surface area contributed by atoms with E-state index in [0.29, 0.717) is 31.0 Å². The third-order valence-corrected chi connectivity index (χ3v) is 11.2. The molecule has 25 heteroatoms. The molecule has 4 rings (SSSR count). The number of anilines is 1. The number of aromatic amines is 1. The SMILES string of the molecule is CC(C)C[C@H](NC(=O)CNC(=O)[C@H](CC(C)C)NC(=O)[C@@H]1CCCN1)C(=O)N[C@@H](Cc1c[nH]c2ccccc12)C(=O)N[C@@H](C)C(=O)N[C@@H](CCCN=C(N)N)C(=O)Nc1ccc([N+](=O)[O-])cc1[N+](=O)[O-]. The van der Waals surface area contributed by atoms with Crippen molar-refractivity contribution in [3.05, 3.63) is 74.5 Å². The maximum absolute atomic E-state index is 14.2. The van der Waals surface area contributed by atoms with Crippen LogP contribution in [0.4, 0.5) is 17.1 Å². The number of benzene rings is 2. The van der Waals surface area contributed by atoms with Gasteiger partial charge < -0.3 is 59.0 Å². The largest absolute Gasteiger partial charge is 0.370 e. The highest BCUT2D eigenvalue weighted by Gasteiger charge is 2.33. The van der Waals surface area contributed by atoms with Crippen molar-refractivity contribution in [3.63, 3.8) is 0 Å². The van der Waals surface area contributed by atoms with Crippen LogP contribution in [0.3, 0.4) is 0 Å². The standard InChI is InChI=1S/C45H64N14O11/c1-24(2)18-34(56-41(63)32-12-8-16-48-32)40(62)51-23-38(60)53-35(19-25(3)4)44(66)57-36(20-27-22-50-30-11-7-6-10-29(27)30)43(65)52-26(5)39(61)55-33(13-9-17-49-45(46)47)42(64)54-31-15-14-28(58(67)68)21-37(31)59(69)70/h6-7,10-11,14-15,21-22,24-26,32-36,48,50H,8-9,12-13,16-20,23H2,1-5H3,(H,51,62)(H,52,65)(H,53,60)(H,54,64)(H,55,61)(H,56,63)(H,57,66)(H4,46,47,49)/t26-,32-,33-,34-,35-,36-/m0/s1. The molecule has 70 heavy (non-hydrogen) atoms. The number of aliphatic imine (C=N–C) groups is 1. The first-order chi connectivity index (χ1) is 33.1. The van der Waals surface area contributed by atoms with Gasteiger partial charge in [-0.05, 0) is 81.5 Å². The summed E-state index contributed by atoms with van der Waals surface area (Å²) in [5.41, 5.74) is 10.5. The minimum absolute atomic E-state index is 0.0326. The van der Waals surface area contributed by atoms with Gasteiger partial charge in [0.2, 0.25) is 41.4 Å². The summed E-state index contributed by atoms with van der Waals surface area (Å²) in [6.07, 6.45) is 3.53. The molecule has 1 fully saturated rings. The predicted octanol–water partition coefficient (Wildman–Crippen LogP) is 0.623. The highest BCUT2D eigenvalue weighted by molar-refractivity contribution is 6.00. The Morgan fingerprint density at radius 1 is 0.771 bits per heavy atom. The van der Waals surface area contributed by atoms with Crippen LogP contribution in [0, 0.1) is 32.1 Å². The number of carbonyl (C=O) groups is 7. The summed E-state index contributed by atoms with van der Waals surface area (Å²) in [5.74, 6) is -5.28. The molecule has 25 nitrogen and oxygen atoms in total. The maximum atomic E-state index is 14.2. The first-order valence-corrected chi connectivity index (χ1v) is 23.0. The molecule has 3 aromatic rings. The third kappa shape index (κ3) is 16.8. The van der Waals surface area contributed by atoms with Crippen LogP contribution in [0.15, 0.2) is 53.7 Å². The molecule has 1 aromatic heterocycles. The van der Waals surface area contributed by atoms with E-state index >= 15 is 0 Å². The van der Waals surface area contributed by atoms with Crippen LogP contribution in [0.1, 0.15) is 78.7 Å². The molecule has 0 radical (unpaired) electrons. The van der Waals surface area contributed by atoms with Gasteiger partial charge in [-0.25, -0.2) is 0 Å². The molecule has 7 amide bonds. The van der Waals surface area contributed by atoms with Gasteiger partial charge in [-0.2, -0.15) is 0 Å². The van der Waals surface area contributed by atoms with E-state index < -0.39 is 99.5 Å². The molecule has 6 atom stereocenters. The number of hydrogen-bond acceptors (Lipinski definition) is 13. The fraction of sp³-hybridized carbons (Fsp3) is 0.511. The number of hydrogen-bond donors (Lipinski definition) is 11. The van der Waals surface area contributed by atoms with E-state index in [1.807, 2.05) is 45.9 Å². The Hall–Kier alpha value is -7.70. The first-order valence-electron chi connectivity index (χ1n) is 23.0. The number of nitro groups is 2. The summed E-state index contributed by atoms with van der Waals surface area (Å²) in [5, 5.41) is 45.1. The van der Waals surface area contributed by atoms with Gasteiger partial charge in [0, 0.05) is 36.1 Å². The lowest BCUT2D eigenvalue weighted by molar-refractivity contribution is -0.393. The molecular formula is C45H64N14O11. The summed E-state index contributed by atoms with van der Waals surface area (Å²) in [6, 6.07) is 3.25. The minimum Gasteiger partial charge on any atom is -0.370 e. The Labute approximate surface area is 403 Å². The van der Waals surface area contributed by atoms with Gasteiger partial charge in [-0.1, -0.05) is 45.9 Å². The number of carbonyl (C=O) groups excluding carboxylic acids is 7. The van der Waals surface area contributed by atoms with E-state index in [0.717, 1.165) is 29.5 Å². The molecule has 0 saturated carbocycles. The topological polar surface area (TPSA) is 382 Å². The summed E-state index contributed by atoms with van der Waals surface area (Å²) in [7, 11) is 0. The van der Waals surface area contributed by atoms with Crippen molar-refractivity contribution in [1.29, 1.82) is 0 Å². The summed E-state index contributed by atoms with van der Waals surface area (Å²) >= 11 is 0. The van der Waals surface area contributed by atoms with Gasteiger partial charge in [0.1, 0.15) is 35.9 Å². The summed E-state index contributed by atoms with van der Waals surface area (Å²) in [4.78, 5) is 123. The van der Waals surface area contributed by atoms with Crippen LogP contribution >= 0.6 is 0 Å². The quantitative estimate of drug-likeness (QED) is 0.0173. The van der Waals surface area contributed by atoms with Gasteiger partial charge in [0.05, 0.1) is 28.5 Å². The second kappa shape index (κ2) is 26.2. The number of nitro benzene ring substituents is 2. The van der Waals surface area contributed by atoms with Gasteiger partial charge in [-0.15, -0.1) is 0 Å². The van der Waals surface area contributed by atoms with Crippen molar-refractivity contribution < 1.29 is 43.4 Å². The third-order valence-electron chi connectivity index (χ3n) is 11.2. The zero-order valence-corrected chi connectivity index (χ0v) is 39.8. The van der Waals surface area contributed by atoms with Crippen LogP contribution in [0.2, 0.25) is 0 Å². The fourth-order valence-electron chi connectivity index (χ4n) is 7.68. The van der Waals surface area contributed by atoms with Gasteiger partial charge >= 0.3 is 0 Å². The van der Waals surface area contributed by atoms with Crippen molar-refractivity contribution in [3.8, 4) is 0 Å². The number of nitrogens with two attached hydrogens (primary N) is 2. The lowest BCUT2D eigenvalue weighted by atomic mass is 10.0. The number of guanidine groups is 1. The average molecular weight is 977 g/mol. The minimum atomic E-state index is -1.39. The number of rotatable bonds is 26. The number of aromatic nitrogens is 1. The van der Waals surface area contributed by atoms with Crippen LogP contribution in [-0.4, -0.2) is 118 Å². The normalized spacial score (nSPS) is 15.4. The Kier molecular flexibility index (Phi) is 20.5. The molecule has 2 heterocycles. The number of amides is 7. The molecule has 0 aliphatic carbocycles. The average Bonchev–Trinajstić information content (AvgIpc) is 3.99. The number of H-pyrrole nitrogens is 1. The lowest BCUT2D eigenvalue weighted by Gasteiger charge is -2.26. The van der Waals surface area contributed by atoms with Gasteiger partial charge in [0.25, 0.3) is 11.4 Å². The number of fused-ring (bicyclic) bond motifs is 1. The van der Waals surface area contributed by atoms with Gasteiger partial charge in [0.15, 0.2) is 5.96 Å². The van der Waals surface area contributed by atoms with E-state index in [4.69, 9.17) is 11.5 Å².